The van der Waals surface area contributed by atoms with Gasteiger partial charge in [-0.3, -0.25) is 0 Å². The molecular formula is C10H18O6. The smallest absolute Gasteiger partial charge is 0.372 e. The minimum Gasteiger partial charge on any atom is -0.485 e. The van der Waals surface area contributed by atoms with Gasteiger partial charge in [0.1, 0.15) is 6.61 Å². The first kappa shape index (κ1) is 14.9. The first-order valence-electron chi connectivity index (χ1n) is 4.88. The Balaban J connectivity index is 3.21. The van der Waals surface area contributed by atoms with Gasteiger partial charge in [-0.1, -0.05) is 0 Å². The maximum atomic E-state index is 10.8. The van der Waals surface area contributed by atoms with Crippen molar-refractivity contribution in [1.82, 2.24) is 0 Å². The highest BCUT2D eigenvalue weighted by Crippen LogP contribution is 1.95. The Morgan fingerprint density at radius 2 is 1.69 bits per heavy atom. The highest BCUT2D eigenvalue weighted by atomic mass is 16.6. The Bertz CT molecular complexity index is 203. The minimum atomic E-state index is -0.591. The number of aliphatic hydroxyl groups is 1. The van der Waals surface area contributed by atoms with E-state index in [1.54, 1.807) is 0 Å². The number of hydrogen-bond acceptors (Lipinski definition) is 6. The highest BCUT2D eigenvalue weighted by Gasteiger charge is 2.06. The molecule has 0 saturated carbocycles. The topological polar surface area (TPSA) is 74.2 Å². The van der Waals surface area contributed by atoms with E-state index in [2.05, 4.69) is 11.3 Å². The molecule has 1 N–H and O–H groups in total. The third-order valence-corrected chi connectivity index (χ3v) is 1.52. The molecule has 0 fully saturated rings. The fourth-order valence-electron chi connectivity index (χ4n) is 0.783. The lowest BCUT2D eigenvalue weighted by Gasteiger charge is -2.07. The molecule has 0 aromatic heterocycles. The molecule has 0 bridgehead atoms. The Hall–Kier alpha value is -1.11. The predicted molar refractivity (Wildman–Crippen MR) is 55.8 cm³/mol. The van der Waals surface area contributed by atoms with E-state index in [-0.39, 0.29) is 19.0 Å². The molecule has 0 atom stereocenters. The van der Waals surface area contributed by atoms with E-state index in [0.717, 1.165) is 0 Å². The summed E-state index contributed by atoms with van der Waals surface area (Å²) >= 11 is 0. The van der Waals surface area contributed by atoms with Crippen LogP contribution in [-0.2, 0) is 23.7 Å². The van der Waals surface area contributed by atoms with Gasteiger partial charge in [0.15, 0.2) is 5.76 Å². The number of carbonyl (C=O) groups is 1. The average molecular weight is 234 g/mol. The first-order valence-corrected chi connectivity index (χ1v) is 4.88. The molecule has 94 valence electrons. The van der Waals surface area contributed by atoms with Crippen molar-refractivity contribution in [3.05, 3.63) is 12.3 Å². The summed E-state index contributed by atoms with van der Waals surface area (Å²) in [6.45, 7) is 5.07. The minimum absolute atomic E-state index is 0.00205. The summed E-state index contributed by atoms with van der Waals surface area (Å²) in [6.07, 6.45) is 0. The molecule has 0 unspecified atom stereocenters. The SMILES string of the molecule is C=C(OCCOCCOCCO)C(=O)OC. The second-order valence-corrected chi connectivity index (χ2v) is 2.71. The lowest BCUT2D eigenvalue weighted by atomic mass is 10.5. The third kappa shape index (κ3) is 8.22. The molecular weight excluding hydrogens is 216 g/mol. The van der Waals surface area contributed by atoms with Crippen molar-refractivity contribution in [3.8, 4) is 0 Å². The summed E-state index contributed by atoms with van der Waals surface area (Å²) in [5.74, 6) is -0.631. The molecule has 0 aliphatic heterocycles. The summed E-state index contributed by atoms with van der Waals surface area (Å²) in [6, 6.07) is 0. The molecule has 0 heterocycles. The third-order valence-electron chi connectivity index (χ3n) is 1.52. The second kappa shape index (κ2) is 10.4. The number of methoxy groups -OCH3 is 1. The van der Waals surface area contributed by atoms with Gasteiger partial charge in [0, 0.05) is 0 Å². The van der Waals surface area contributed by atoms with Crippen LogP contribution in [0.25, 0.3) is 0 Å². The number of esters is 1. The molecule has 0 aliphatic carbocycles. The maximum absolute atomic E-state index is 10.8. The summed E-state index contributed by atoms with van der Waals surface area (Å²) in [5.41, 5.74) is 0. The molecule has 0 radical (unpaired) electrons. The summed E-state index contributed by atoms with van der Waals surface area (Å²) < 4.78 is 19.4. The van der Waals surface area contributed by atoms with Crippen LogP contribution in [0.2, 0.25) is 0 Å². The summed E-state index contributed by atoms with van der Waals surface area (Å²) in [7, 11) is 1.26. The molecule has 6 nitrogen and oxygen atoms in total. The number of rotatable bonds is 10. The molecule has 0 saturated heterocycles. The average Bonchev–Trinajstić information content (AvgIpc) is 2.31. The van der Waals surface area contributed by atoms with E-state index in [9.17, 15) is 4.79 Å². The zero-order valence-corrected chi connectivity index (χ0v) is 9.44. The van der Waals surface area contributed by atoms with Gasteiger partial charge in [-0.25, -0.2) is 4.79 Å². The van der Waals surface area contributed by atoms with E-state index < -0.39 is 5.97 Å². The van der Waals surface area contributed by atoms with Gasteiger partial charge in [-0.05, 0) is 6.58 Å². The normalized spacial score (nSPS) is 9.88. The van der Waals surface area contributed by atoms with Crippen molar-refractivity contribution in [1.29, 1.82) is 0 Å². The lowest BCUT2D eigenvalue weighted by Crippen LogP contribution is -2.13. The van der Waals surface area contributed by atoms with E-state index >= 15 is 0 Å². The van der Waals surface area contributed by atoms with Gasteiger partial charge < -0.3 is 24.1 Å². The van der Waals surface area contributed by atoms with Crippen molar-refractivity contribution >= 4 is 5.97 Å². The van der Waals surface area contributed by atoms with E-state index in [4.69, 9.17) is 19.3 Å². The molecule has 16 heavy (non-hydrogen) atoms. The zero-order valence-electron chi connectivity index (χ0n) is 9.44. The van der Waals surface area contributed by atoms with Crippen LogP contribution >= 0.6 is 0 Å². The van der Waals surface area contributed by atoms with Crippen LogP contribution in [0, 0.1) is 0 Å². The molecule has 0 rings (SSSR count). The van der Waals surface area contributed by atoms with Crippen molar-refractivity contribution in [2.75, 3.05) is 46.8 Å². The van der Waals surface area contributed by atoms with Gasteiger partial charge >= 0.3 is 5.97 Å². The molecule has 0 spiro atoms. The highest BCUT2D eigenvalue weighted by molar-refractivity contribution is 5.85. The Kier molecular flexibility index (Phi) is 9.69. The van der Waals surface area contributed by atoms with Crippen molar-refractivity contribution in [2.24, 2.45) is 0 Å². The number of ether oxygens (including phenoxy) is 4. The Morgan fingerprint density at radius 1 is 1.12 bits per heavy atom. The largest absolute Gasteiger partial charge is 0.485 e. The number of hydrogen-bond donors (Lipinski definition) is 1. The van der Waals surface area contributed by atoms with E-state index in [1.165, 1.54) is 7.11 Å². The summed E-state index contributed by atoms with van der Waals surface area (Å²) in [4.78, 5) is 10.8. The Morgan fingerprint density at radius 3 is 2.25 bits per heavy atom. The Labute approximate surface area is 94.7 Å². The first-order chi connectivity index (χ1) is 7.72. The lowest BCUT2D eigenvalue weighted by molar-refractivity contribution is -0.140. The predicted octanol–water partition coefficient (Wildman–Crippen LogP) is -0.285. The summed E-state index contributed by atoms with van der Waals surface area (Å²) in [5, 5.41) is 8.40. The van der Waals surface area contributed by atoms with E-state index in [0.29, 0.717) is 26.4 Å². The van der Waals surface area contributed by atoms with Crippen LogP contribution < -0.4 is 0 Å². The van der Waals surface area contributed by atoms with Crippen LogP contribution in [0.1, 0.15) is 0 Å². The fraction of sp³-hybridized carbons (Fsp3) is 0.700. The number of aliphatic hydroxyl groups excluding tert-OH is 1. The standard InChI is InChI=1S/C10H18O6/c1-9(10(12)13-2)16-8-7-15-6-5-14-4-3-11/h11H,1,3-8H2,2H3. The molecule has 0 amide bonds. The van der Waals surface area contributed by atoms with Crippen molar-refractivity contribution < 1.29 is 28.8 Å². The zero-order chi connectivity index (χ0) is 12.2. The van der Waals surface area contributed by atoms with Crippen LogP contribution in [0.5, 0.6) is 0 Å². The molecule has 0 aliphatic rings. The van der Waals surface area contributed by atoms with Gasteiger partial charge in [0.25, 0.3) is 0 Å². The quantitative estimate of drug-likeness (QED) is 0.242. The number of carbonyl (C=O) groups excluding carboxylic acids is 1. The van der Waals surface area contributed by atoms with Crippen LogP contribution in [0.3, 0.4) is 0 Å². The molecule has 0 aromatic rings. The molecule has 6 heteroatoms. The van der Waals surface area contributed by atoms with Crippen LogP contribution in [0.4, 0.5) is 0 Å². The van der Waals surface area contributed by atoms with E-state index in [1.807, 2.05) is 0 Å². The van der Waals surface area contributed by atoms with Gasteiger partial charge in [0.05, 0.1) is 40.1 Å². The van der Waals surface area contributed by atoms with Crippen molar-refractivity contribution in [2.45, 2.75) is 0 Å². The second-order valence-electron chi connectivity index (χ2n) is 2.71. The fourth-order valence-corrected chi connectivity index (χ4v) is 0.783. The van der Waals surface area contributed by atoms with Gasteiger partial charge in [-0.15, -0.1) is 0 Å². The maximum Gasteiger partial charge on any atom is 0.372 e. The monoisotopic (exact) mass is 234 g/mol. The van der Waals surface area contributed by atoms with Crippen LogP contribution in [-0.4, -0.2) is 57.8 Å². The van der Waals surface area contributed by atoms with Crippen molar-refractivity contribution in [3.63, 3.8) is 0 Å². The van der Waals surface area contributed by atoms with Crippen LogP contribution in [0.15, 0.2) is 12.3 Å². The van der Waals surface area contributed by atoms with Gasteiger partial charge in [-0.2, -0.15) is 0 Å². The molecule has 0 aromatic carbocycles. The van der Waals surface area contributed by atoms with Gasteiger partial charge in [0.2, 0.25) is 0 Å².